The number of hydrogen-bond donors (Lipinski definition) is 1. The van der Waals surface area contributed by atoms with Crippen LogP contribution in [-0.4, -0.2) is 13.0 Å². The summed E-state index contributed by atoms with van der Waals surface area (Å²) in [5, 5.41) is 0. The average Bonchev–Trinajstić information content (AvgIpc) is 1.30. The van der Waals surface area contributed by atoms with Gasteiger partial charge in [-0.15, -0.1) is 0 Å². The third-order valence-electron chi connectivity index (χ3n) is 0.161. The molecule has 0 rings (SSSR count). The van der Waals surface area contributed by atoms with E-state index in [1.807, 2.05) is 0 Å². The molecule has 0 radical (unpaired) electrons. The van der Waals surface area contributed by atoms with Gasteiger partial charge in [0, 0.05) is 0 Å². The first-order chi connectivity index (χ1) is 3.06. The summed E-state index contributed by atoms with van der Waals surface area (Å²) in [6.45, 7) is 0. The number of hydrogen-bond acceptors (Lipinski definition) is 4. The van der Waals surface area contributed by atoms with Gasteiger partial charge in [-0.25, -0.2) is 0 Å². The van der Waals surface area contributed by atoms with Crippen molar-refractivity contribution < 1.29 is 39.7 Å². The normalized spacial score (nSPS) is 11.1. The van der Waals surface area contributed by atoms with E-state index < -0.39 is 30.2 Å². The Bertz CT molecular complexity index is 125. The van der Waals surface area contributed by atoms with Crippen LogP contribution in [0.25, 0.3) is 0 Å². The second-order valence-corrected chi connectivity index (χ2v) is 2.85. The molecule has 3 N–H and O–H groups in total. The predicted octanol–water partition coefficient (Wildman–Crippen LogP) is -2.38. The van der Waals surface area contributed by atoms with Crippen molar-refractivity contribution >= 4 is 10.4 Å². The van der Waals surface area contributed by atoms with Gasteiger partial charge in [-0.3, -0.25) is 0 Å². The summed E-state index contributed by atoms with van der Waals surface area (Å²) in [6.07, 6.45) is 0. The Labute approximate surface area is 50.5 Å². The van der Waals surface area contributed by atoms with Gasteiger partial charge in [0.1, 0.15) is 0 Å². The molecule has 7 heavy (non-hydrogen) atoms. The van der Waals surface area contributed by atoms with Gasteiger partial charge in [0.2, 0.25) is 0 Å². The Balaban J connectivity index is 3.60. The van der Waals surface area contributed by atoms with E-state index in [2.05, 4.69) is 6.98 Å². The third-order valence-corrected chi connectivity index (χ3v) is 1.99. The average molecular weight is 161 g/mol. The Morgan fingerprint density at radius 1 is 1.71 bits per heavy atom. The van der Waals surface area contributed by atoms with Crippen LogP contribution in [0.15, 0.2) is 0 Å². The van der Waals surface area contributed by atoms with Gasteiger partial charge in [-0.2, -0.15) is 0 Å². The van der Waals surface area contributed by atoms with Crippen molar-refractivity contribution in [3.63, 3.8) is 0 Å². The van der Waals surface area contributed by atoms with Crippen molar-refractivity contribution in [3.8, 4) is 0 Å². The molecule has 0 saturated carbocycles. The van der Waals surface area contributed by atoms with E-state index in [4.69, 9.17) is 0 Å². The van der Waals surface area contributed by atoms with Gasteiger partial charge in [-0.1, -0.05) is 0 Å². The second-order valence-electron chi connectivity index (χ2n) is 0.636. The molecular weight excluding hydrogens is 158 g/mol. The Hall–Kier alpha value is 0.544. The van der Waals surface area contributed by atoms with Gasteiger partial charge in [0.25, 0.3) is 0 Å². The summed E-state index contributed by atoms with van der Waals surface area (Å²) >= 11 is -1.24. The number of quaternary nitrogens is 1. The first kappa shape index (κ1) is 7.54. The Morgan fingerprint density at radius 3 is 2.14 bits per heavy atom. The standard InChI is InChI=1S/H3N.H2O4S.Ti/c;1-5(2,3)4;/h1H3;(H2,1,2,3,4);/q;;+2/p-2. The predicted molar refractivity (Wildman–Crippen MR) is 13.7 cm³/mol. The summed E-state index contributed by atoms with van der Waals surface area (Å²) in [5.41, 5.74) is 0. The quantitative estimate of drug-likeness (QED) is 0.278. The van der Waals surface area contributed by atoms with Gasteiger partial charge < -0.3 is 0 Å². The van der Waals surface area contributed by atoms with Gasteiger partial charge in [0.15, 0.2) is 0 Å². The van der Waals surface area contributed by atoms with Crippen LogP contribution in [-0.2, 0) is 33.0 Å². The van der Waals surface area contributed by atoms with Crippen molar-refractivity contribution in [2.45, 2.75) is 0 Å². The molecule has 0 atom stereocenters. The zero-order valence-corrected chi connectivity index (χ0v) is 5.63. The molecule has 42 valence electrons. The topological polar surface area (TPSA) is 94.1 Å². The monoisotopic (exact) mass is 161 g/mol. The van der Waals surface area contributed by atoms with Gasteiger partial charge in [-0.05, 0) is 0 Å². The Kier molecular flexibility index (Phi) is 2.97. The van der Waals surface area contributed by atoms with Crippen LogP contribution in [0.2, 0.25) is 0 Å². The maximum atomic E-state index is 9.44. The van der Waals surface area contributed by atoms with Crippen LogP contribution >= 0.6 is 0 Å². The molecule has 0 aromatic carbocycles. The summed E-state index contributed by atoms with van der Waals surface area (Å²) in [7, 11) is -4.43. The first-order valence-electron chi connectivity index (χ1n) is 1.22. The van der Waals surface area contributed by atoms with Crippen LogP contribution < -0.4 is 4.22 Å². The molecule has 0 aliphatic carbocycles. The molecule has 0 aromatic heterocycles. The van der Waals surface area contributed by atoms with Crippen LogP contribution in [0, 0.1) is 0 Å². The van der Waals surface area contributed by atoms with Gasteiger partial charge in [0.05, 0.1) is 0 Å². The molecule has 0 amide bonds. The summed E-state index contributed by atoms with van der Waals surface area (Å²) < 4.78 is 35.1. The summed E-state index contributed by atoms with van der Waals surface area (Å²) in [5.74, 6) is 0. The maximum absolute atomic E-state index is 9.44. The molecule has 0 saturated heterocycles. The van der Waals surface area contributed by atoms with E-state index in [0.29, 0.717) is 0 Å². The van der Waals surface area contributed by atoms with Crippen LogP contribution in [0.1, 0.15) is 0 Å². The molecule has 0 aliphatic heterocycles. The van der Waals surface area contributed by atoms with Crippen molar-refractivity contribution in [2.75, 3.05) is 0 Å². The second kappa shape index (κ2) is 2.76. The molecule has 7 heteroatoms. The van der Waals surface area contributed by atoms with E-state index >= 15 is 0 Å². The number of rotatable bonds is 2. The third kappa shape index (κ3) is 6.54. The van der Waals surface area contributed by atoms with E-state index in [-0.39, 0.29) is 0 Å². The summed E-state index contributed by atoms with van der Waals surface area (Å²) in [6, 6.07) is 0. The fourth-order valence-electron chi connectivity index (χ4n) is 0.0722. The van der Waals surface area contributed by atoms with Crippen LogP contribution in [0.4, 0.5) is 0 Å². The molecule has 5 nitrogen and oxygen atoms in total. The molecule has 0 spiro atoms. The van der Waals surface area contributed by atoms with Crippen molar-refractivity contribution in [1.82, 2.24) is 0 Å². The Morgan fingerprint density at radius 2 is 2.14 bits per heavy atom. The molecule has 0 aromatic rings. The fraction of sp³-hybridized carbons (Fsp3) is 0. The SMILES string of the molecule is [NH3+][Ti][O]S(=O)(=O)[O-]. The minimum absolute atomic E-state index is 1.24. The van der Waals surface area contributed by atoms with Crippen LogP contribution in [0.3, 0.4) is 0 Å². The summed E-state index contributed by atoms with van der Waals surface area (Å²) in [4.78, 5) is 0. The minimum atomic E-state index is -4.43. The molecule has 0 heterocycles. The van der Waals surface area contributed by atoms with Crippen LogP contribution in [0.5, 0.6) is 0 Å². The molecule has 0 aliphatic rings. The van der Waals surface area contributed by atoms with Gasteiger partial charge >= 0.3 is 50.1 Å². The molecular formula is H3NO4STi. The molecule has 0 unspecified atom stereocenters. The van der Waals surface area contributed by atoms with E-state index in [9.17, 15) is 13.0 Å². The molecule has 0 fully saturated rings. The van der Waals surface area contributed by atoms with Crippen molar-refractivity contribution in [2.24, 2.45) is 0 Å². The van der Waals surface area contributed by atoms with Crippen molar-refractivity contribution in [3.05, 3.63) is 0 Å². The first-order valence-corrected chi connectivity index (χ1v) is 4.30. The van der Waals surface area contributed by atoms with Crippen molar-refractivity contribution in [1.29, 1.82) is 0 Å². The fourth-order valence-corrected chi connectivity index (χ4v) is 0.893. The zero-order chi connectivity index (χ0) is 5.91. The molecule has 0 bridgehead atoms. The zero-order valence-electron chi connectivity index (χ0n) is 3.25. The van der Waals surface area contributed by atoms with E-state index in [1.165, 1.54) is 0 Å². The van der Waals surface area contributed by atoms with E-state index in [0.717, 1.165) is 0 Å². The van der Waals surface area contributed by atoms with E-state index in [1.54, 1.807) is 0 Å².